The summed E-state index contributed by atoms with van der Waals surface area (Å²) in [6.07, 6.45) is 6.95. The fourth-order valence-electron chi connectivity index (χ4n) is 4.09. The third kappa shape index (κ3) is 3.63. The topological polar surface area (TPSA) is 49.4 Å². The van der Waals surface area contributed by atoms with E-state index in [1.165, 1.54) is 24.8 Å². The van der Waals surface area contributed by atoms with Crippen molar-refractivity contribution >= 4 is 11.8 Å². The minimum absolute atomic E-state index is 0.117. The first-order chi connectivity index (χ1) is 11.6. The predicted octanol–water partition coefficient (Wildman–Crippen LogP) is 3.35. The lowest BCUT2D eigenvalue weighted by Crippen LogP contribution is -2.48. The maximum Gasteiger partial charge on any atom is 0.225 e. The van der Waals surface area contributed by atoms with Crippen molar-refractivity contribution in [2.24, 2.45) is 5.92 Å². The molecule has 1 N–H and O–H groups in total. The zero-order chi connectivity index (χ0) is 17.1. The lowest BCUT2D eigenvalue weighted by molar-refractivity contribution is -0.142. The van der Waals surface area contributed by atoms with Gasteiger partial charge in [0.15, 0.2) is 0 Å². The van der Waals surface area contributed by atoms with Gasteiger partial charge in [-0.25, -0.2) is 0 Å². The molecule has 2 unspecified atom stereocenters. The molecule has 1 aromatic carbocycles. The molecule has 4 nitrogen and oxygen atoms in total. The van der Waals surface area contributed by atoms with Crippen LogP contribution in [0.5, 0.6) is 0 Å². The van der Waals surface area contributed by atoms with Gasteiger partial charge in [-0.2, -0.15) is 0 Å². The minimum Gasteiger partial charge on any atom is -0.353 e. The first-order valence-electron chi connectivity index (χ1n) is 9.19. The second-order valence-corrected chi connectivity index (χ2v) is 7.35. The lowest BCUT2D eigenvalue weighted by atomic mass is 9.83. The Balaban J connectivity index is 1.79. The minimum atomic E-state index is -0.157. The van der Waals surface area contributed by atoms with Crippen LogP contribution in [0, 0.1) is 12.8 Å². The van der Waals surface area contributed by atoms with Gasteiger partial charge in [0.1, 0.15) is 0 Å². The Morgan fingerprint density at radius 3 is 2.42 bits per heavy atom. The first-order valence-corrected chi connectivity index (χ1v) is 9.19. The summed E-state index contributed by atoms with van der Waals surface area (Å²) < 4.78 is 0. The summed E-state index contributed by atoms with van der Waals surface area (Å²) in [7, 11) is 1.83. The third-order valence-electron chi connectivity index (χ3n) is 5.57. The highest BCUT2D eigenvalue weighted by molar-refractivity contribution is 5.85. The van der Waals surface area contributed by atoms with Gasteiger partial charge in [0.25, 0.3) is 0 Å². The highest BCUT2D eigenvalue weighted by Gasteiger charge is 2.39. The maximum absolute atomic E-state index is 12.9. The fourth-order valence-corrected chi connectivity index (χ4v) is 4.09. The monoisotopic (exact) mass is 328 g/mol. The van der Waals surface area contributed by atoms with E-state index in [0.717, 1.165) is 18.4 Å². The molecule has 24 heavy (non-hydrogen) atoms. The first kappa shape index (κ1) is 17.0. The van der Waals surface area contributed by atoms with E-state index in [4.69, 9.17) is 0 Å². The highest BCUT2D eigenvalue weighted by atomic mass is 16.2. The average Bonchev–Trinajstić information content (AvgIpc) is 2.59. The van der Waals surface area contributed by atoms with Crippen LogP contribution in [0.2, 0.25) is 0 Å². The number of nitrogens with one attached hydrogen (secondary N) is 1. The summed E-state index contributed by atoms with van der Waals surface area (Å²) in [5, 5.41) is 3.26. The summed E-state index contributed by atoms with van der Waals surface area (Å²) in [6.45, 7) is 2.05. The van der Waals surface area contributed by atoms with E-state index < -0.39 is 0 Å². The van der Waals surface area contributed by atoms with Crippen molar-refractivity contribution in [2.75, 3.05) is 7.05 Å². The molecule has 2 fully saturated rings. The fraction of sp³-hybridized carbons (Fsp3) is 0.600. The zero-order valence-electron chi connectivity index (χ0n) is 14.8. The van der Waals surface area contributed by atoms with Crippen molar-refractivity contribution in [1.29, 1.82) is 0 Å². The quantitative estimate of drug-likeness (QED) is 0.925. The van der Waals surface area contributed by atoms with Crippen LogP contribution >= 0.6 is 0 Å². The molecule has 2 aliphatic rings. The van der Waals surface area contributed by atoms with E-state index in [-0.39, 0.29) is 23.8 Å². The molecule has 1 heterocycles. The summed E-state index contributed by atoms with van der Waals surface area (Å²) in [6, 6.07) is 8.37. The number of carbonyl (C=O) groups is 2. The number of nitrogens with zero attached hydrogens (tertiary/aromatic N) is 1. The van der Waals surface area contributed by atoms with Crippen LogP contribution in [-0.2, 0) is 9.59 Å². The van der Waals surface area contributed by atoms with E-state index in [0.29, 0.717) is 18.9 Å². The Morgan fingerprint density at radius 1 is 1.08 bits per heavy atom. The van der Waals surface area contributed by atoms with Crippen LogP contribution in [0.15, 0.2) is 24.3 Å². The van der Waals surface area contributed by atoms with E-state index in [1.54, 1.807) is 4.90 Å². The SMILES string of the molecule is Cc1ccc(C2C(C(=O)NC3CCCCC3)CCC(=O)N2C)cc1. The molecule has 0 bridgehead atoms. The van der Waals surface area contributed by atoms with Crippen LogP contribution in [0.4, 0.5) is 0 Å². The molecule has 3 rings (SSSR count). The highest BCUT2D eigenvalue weighted by Crippen LogP contribution is 2.36. The maximum atomic E-state index is 12.9. The van der Waals surface area contributed by atoms with Gasteiger partial charge < -0.3 is 10.2 Å². The van der Waals surface area contributed by atoms with Gasteiger partial charge in [-0.15, -0.1) is 0 Å². The lowest BCUT2D eigenvalue weighted by Gasteiger charge is -2.39. The van der Waals surface area contributed by atoms with Gasteiger partial charge in [0.05, 0.1) is 12.0 Å². The predicted molar refractivity (Wildman–Crippen MR) is 94.4 cm³/mol. The molecule has 2 atom stereocenters. The summed E-state index contributed by atoms with van der Waals surface area (Å²) in [5.41, 5.74) is 2.24. The van der Waals surface area contributed by atoms with Gasteiger partial charge in [0.2, 0.25) is 11.8 Å². The number of piperidine rings is 1. The number of aryl methyl sites for hydroxylation is 1. The van der Waals surface area contributed by atoms with Crippen LogP contribution in [-0.4, -0.2) is 29.8 Å². The van der Waals surface area contributed by atoms with Crippen LogP contribution in [0.1, 0.15) is 62.1 Å². The van der Waals surface area contributed by atoms with Crippen molar-refractivity contribution in [3.63, 3.8) is 0 Å². The Bertz CT molecular complexity index is 590. The van der Waals surface area contributed by atoms with E-state index in [2.05, 4.69) is 29.6 Å². The molecule has 0 spiro atoms. The van der Waals surface area contributed by atoms with Crippen molar-refractivity contribution in [1.82, 2.24) is 10.2 Å². The zero-order valence-corrected chi connectivity index (χ0v) is 14.8. The number of likely N-dealkylation sites (tertiary alicyclic amines) is 1. The van der Waals surface area contributed by atoms with Crippen LogP contribution in [0.25, 0.3) is 0 Å². The molecule has 1 aliphatic carbocycles. The molecule has 0 radical (unpaired) electrons. The molecule has 4 heteroatoms. The number of amides is 2. The summed E-state index contributed by atoms with van der Waals surface area (Å²) in [4.78, 5) is 26.9. The van der Waals surface area contributed by atoms with Gasteiger partial charge in [-0.05, 0) is 31.7 Å². The van der Waals surface area contributed by atoms with Gasteiger partial charge >= 0.3 is 0 Å². The van der Waals surface area contributed by atoms with Crippen molar-refractivity contribution in [2.45, 2.75) is 64.0 Å². The van der Waals surface area contributed by atoms with Gasteiger partial charge in [-0.3, -0.25) is 9.59 Å². The molecular formula is C20H28N2O2. The summed E-state index contributed by atoms with van der Waals surface area (Å²) in [5.74, 6) is 0.0893. The summed E-state index contributed by atoms with van der Waals surface area (Å²) >= 11 is 0. The molecule has 0 aromatic heterocycles. The smallest absolute Gasteiger partial charge is 0.225 e. The van der Waals surface area contributed by atoms with Crippen molar-refractivity contribution in [3.05, 3.63) is 35.4 Å². The largest absolute Gasteiger partial charge is 0.353 e. The third-order valence-corrected chi connectivity index (χ3v) is 5.57. The Kier molecular flexibility index (Phi) is 5.22. The number of hydrogen-bond donors (Lipinski definition) is 1. The second kappa shape index (κ2) is 7.37. The molecule has 1 aromatic rings. The normalized spacial score (nSPS) is 25.6. The number of benzene rings is 1. The van der Waals surface area contributed by atoms with E-state index >= 15 is 0 Å². The molecular weight excluding hydrogens is 300 g/mol. The molecule has 1 aliphatic heterocycles. The Labute approximate surface area is 144 Å². The molecule has 1 saturated carbocycles. The number of rotatable bonds is 3. The Morgan fingerprint density at radius 2 is 1.75 bits per heavy atom. The molecule has 2 amide bonds. The van der Waals surface area contributed by atoms with Crippen LogP contribution in [0.3, 0.4) is 0 Å². The number of hydrogen-bond acceptors (Lipinski definition) is 2. The number of carbonyl (C=O) groups excluding carboxylic acids is 2. The molecule has 130 valence electrons. The Hall–Kier alpha value is -1.84. The van der Waals surface area contributed by atoms with Crippen molar-refractivity contribution < 1.29 is 9.59 Å². The van der Waals surface area contributed by atoms with Crippen molar-refractivity contribution in [3.8, 4) is 0 Å². The molecule has 1 saturated heterocycles. The average molecular weight is 328 g/mol. The second-order valence-electron chi connectivity index (χ2n) is 7.35. The van der Waals surface area contributed by atoms with E-state index in [9.17, 15) is 9.59 Å². The van der Waals surface area contributed by atoms with Crippen LogP contribution < -0.4 is 5.32 Å². The van der Waals surface area contributed by atoms with Gasteiger partial charge in [0, 0.05) is 19.5 Å². The standard InChI is InChI=1S/C20H28N2O2/c1-14-8-10-15(11-9-14)19-17(12-13-18(23)22(19)2)20(24)21-16-6-4-3-5-7-16/h8-11,16-17,19H,3-7,12-13H2,1-2H3,(H,21,24). The van der Waals surface area contributed by atoms with E-state index in [1.807, 2.05) is 14.0 Å². The van der Waals surface area contributed by atoms with Gasteiger partial charge in [-0.1, -0.05) is 49.1 Å².